The van der Waals surface area contributed by atoms with Crippen LogP contribution in [0.25, 0.3) is 0 Å². The minimum Gasteiger partial charge on any atom is -0.469 e. The first kappa shape index (κ1) is 11.4. The quantitative estimate of drug-likeness (QED) is 0.521. The maximum atomic E-state index is 13.1. The number of carbonyl (C=O) groups excluding carboxylic acids is 1. The molecule has 0 aliphatic heterocycles. The van der Waals surface area contributed by atoms with Crippen LogP contribution in [0, 0.1) is 5.92 Å². The molecular weight excluding hydrogens is 192 g/mol. The number of rotatable bonds is 1. The Morgan fingerprint density at radius 3 is 2.64 bits per heavy atom. The molecule has 0 aromatic rings. The van der Waals surface area contributed by atoms with E-state index in [1.165, 1.54) is 7.11 Å². The molecule has 0 saturated heterocycles. The van der Waals surface area contributed by atoms with Gasteiger partial charge in [-0.25, -0.2) is 8.78 Å². The number of methoxy groups -OCH3 is 1. The summed E-state index contributed by atoms with van der Waals surface area (Å²) >= 11 is 0. The molecule has 2 atom stereocenters. The standard InChI is InChI=1S/C9H15F2NO2/c1-14-8(13)6-2-3-7(12)9(10,11)5-4-6/h6-7H,2-5,12H2,1H3. The van der Waals surface area contributed by atoms with Gasteiger partial charge in [-0.2, -0.15) is 0 Å². The zero-order valence-electron chi connectivity index (χ0n) is 8.13. The summed E-state index contributed by atoms with van der Waals surface area (Å²) in [6.45, 7) is 0. The van der Waals surface area contributed by atoms with Crippen LogP contribution in [-0.2, 0) is 9.53 Å². The number of nitrogens with two attached hydrogens (primary N) is 1. The Balaban J connectivity index is 2.60. The number of hydrogen-bond acceptors (Lipinski definition) is 3. The van der Waals surface area contributed by atoms with Gasteiger partial charge in [0.15, 0.2) is 0 Å². The van der Waals surface area contributed by atoms with Gasteiger partial charge in [0, 0.05) is 6.42 Å². The van der Waals surface area contributed by atoms with E-state index in [-0.39, 0.29) is 19.3 Å². The van der Waals surface area contributed by atoms with Crippen LogP contribution in [-0.4, -0.2) is 25.0 Å². The predicted octanol–water partition coefficient (Wildman–Crippen LogP) is 1.31. The monoisotopic (exact) mass is 207 g/mol. The van der Waals surface area contributed by atoms with Crippen LogP contribution in [0.5, 0.6) is 0 Å². The smallest absolute Gasteiger partial charge is 0.308 e. The summed E-state index contributed by atoms with van der Waals surface area (Å²) < 4.78 is 30.8. The highest BCUT2D eigenvalue weighted by molar-refractivity contribution is 5.72. The molecule has 0 radical (unpaired) electrons. The average molecular weight is 207 g/mol. The van der Waals surface area contributed by atoms with Gasteiger partial charge >= 0.3 is 5.97 Å². The molecule has 1 rings (SSSR count). The molecule has 0 aromatic carbocycles. The molecule has 14 heavy (non-hydrogen) atoms. The lowest BCUT2D eigenvalue weighted by molar-refractivity contribution is -0.146. The van der Waals surface area contributed by atoms with Crippen LogP contribution in [0.1, 0.15) is 25.7 Å². The highest BCUT2D eigenvalue weighted by Gasteiger charge is 2.41. The van der Waals surface area contributed by atoms with Crippen LogP contribution in [0.2, 0.25) is 0 Å². The van der Waals surface area contributed by atoms with E-state index in [1.54, 1.807) is 0 Å². The molecule has 1 aliphatic carbocycles. The Morgan fingerprint density at radius 1 is 1.43 bits per heavy atom. The number of hydrogen-bond donors (Lipinski definition) is 1. The third-order valence-electron chi connectivity index (χ3n) is 2.73. The molecule has 0 spiro atoms. The molecular formula is C9H15F2NO2. The Bertz CT molecular complexity index is 221. The first-order valence-corrected chi connectivity index (χ1v) is 4.68. The van der Waals surface area contributed by atoms with E-state index in [0.29, 0.717) is 6.42 Å². The van der Waals surface area contributed by atoms with Crippen molar-refractivity contribution in [3.8, 4) is 0 Å². The Labute approximate surface area is 81.6 Å². The number of carbonyl (C=O) groups is 1. The first-order valence-electron chi connectivity index (χ1n) is 4.68. The van der Waals surface area contributed by atoms with E-state index < -0.39 is 23.9 Å². The SMILES string of the molecule is COC(=O)C1CCC(N)C(F)(F)CC1. The molecule has 1 saturated carbocycles. The van der Waals surface area contributed by atoms with Crippen LogP contribution >= 0.6 is 0 Å². The zero-order valence-corrected chi connectivity index (χ0v) is 8.13. The minimum absolute atomic E-state index is 0.160. The number of esters is 1. The average Bonchev–Trinajstić information content (AvgIpc) is 2.27. The van der Waals surface area contributed by atoms with Gasteiger partial charge in [-0.3, -0.25) is 4.79 Å². The second kappa shape index (κ2) is 4.21. The summed E-state index contributed by atoms with van der Waals surface area (Å²) in [5.74, 6) is -3.67. The lowest BCUT2D eigenvalue weighted by atomic mass is 10.0. The van der Waals surface area contributed by atoms with Crippen LogP contribution in [0.3, 0.4) is 0 Å². The van der Waals surface area contributed by atoms with Crippen molar-refractivity contribution in [1.29, 1.82) is 0 Å². The number of alkyl halides is 2. The Kier molecular flexibility index (Phi) is 3.42. The van der Waals surface area contributed by atoms with Gasteiger partial charge in [0.25, 0.3) is 5.92 Å². The molecule has 2 unspecified atom stereocenters. The van der Waals surface area contributed by atoms with Gasteiger partial charge in [-0.05, 0) is 19.3 Å². The molecule has 3 nitrogen and oxygen atoms in total. The zero-order chi connectivity index (χ0) is 10.8. The summed E-state index contributed by atoms with van der Waals surface area (Å²) in [5.41, 5.74) is 5.31. The van der Waals surface area contributed by atoms with Crippen molar-refractivity contribution in [2.45, 2.75) is 37.6 Å². The molecule has 0 amide bonds. The lowest BCUT2D eigenvalue weighted by Gasteiger charge is -2.19. The number of ether oxygens (including phenoxy) is 1. The fourth-order valence-corrected chi connectivity index (χ4v) is 1.69. The number of halogens is 2. The van der Waals surface area contributed by atoms with E-state index in [0.717, 1.165) is 0 Å². The summed E-state index contributed by atoms with van der Waals surface area (Å²) in [6, 6.07) is -1.13. The molecule has 0 heterocycles. The molecule has 82 valence electrons. The second-order valence-electron chi connectivity index (χ2n) is 3.70. The summed E-state index contributed by atoms with van der Waals surface area (Å²) in [6.07, 6.45) is 0.400. The van der Waals surface area contributed by atoms with Gasteiger partial charge in [-0.15, -0.1) is 0 Å². The van der Waals surface area contributed by atoms with Gasteiger partial charge in [0.1, 0.15) is 0 Å². The third kappa shape index (κ3) is 2.41. The maximum Gasteiger partial charge on any atom is 0.308 e. The van der Waals surface area contributed by atoms with Crippen molar-refractivity contribution in [2.24, 2.45) is 11.7 Å². The topological polar surface area (TPSA) is 52.3 Å². The van der Waals surface area contributed by atoms with Gasteiger partial charge in [0.2, 0.25) is 0 Å². The normalized spacial score (nSPS) is 32.0. The van der Waals surface area contributed by atoms with E-state index in [1.807, 2.05) is 0 Å². The fourth-order valence-electron chi connectivity index (χ4n) is 1.69. The van der Waals surface area contributed by atoms with Crippen molar-refractivity contribution in [1.82, 2.24) is 0 Å². The molecule has 1 aliphatic rings. The molecule has 0 bridgehead atoms. The first-order chi connectivity index (χ1) is 6.47. The minimum atomic E-state index is -2.84. The van der Waals surface area contributed by atoms with Gasteiger partial charge < -0.3 is 10.5 Å². The third-order valence-corrected chi connectivity index (χ3v) is 2.73. The Hall–Kier alpha value is -0.710. The summed E-state index contributed by atoms with van der Waals surface area (Å²) in [5, 5.41) is 0. The van der Waals surface area contributed by atoms with Crippen molar-refractivity contribution in [3.63, 3.8) is 0 Å². The van der Waals surface area contributed by atoms with E-state index in [4.69, 9.17) is 5.73 Å². The van der Waals surface area contributed by atoms with Crippen molar-refractivity contribution >= 4 is 5.97 Å². The molecule has 0 aromatic heterocycles. The van der Waals surface area contributed by atoms with Gasteiger partial charge in [-0.1, -0.05) is 0 Å². The van der Waals surface area contributed by atoms with E-state index in [2.05, 4.69) is 4.74 Å². The van der Waals surface area contributed by atoms with Gasteiger partial charge in [0.05, 0.1) is 19.1 Å². The van der Waals surface area contributed by atoms with Crippen LogP contribution in [0.15, 0.2) is 0 Å². The van der Waals surface area contributed by atoms with Crippen molar-refractivity contribution < 1.29 is 18.3 Å². The molecule has 1 fully saturated rings. The van der Waals surface area contributed by atoms with E-state index in [9.17, 15) is 13.6 Å². The van der Waals surface area contributed by atoms with Crippen molar-refractivity contribution in [2.75, 3.05) is 7.11 Å². The second-order valence-corrected chi connectivity index (χ2v) is 3.70. The lowest BCUT2D eigenvalue weighted by Crippen LogP contribution is -2.39. The maximum absolute atomic E-state index is 13.1. The van der Waals surface area contributed by atoms with Crippen LogP contribution in [0.4, 0.5) is 8.78 Å². The molecule has 2 N–H and O–H groups in total. The predicted molar refractivity (Wildman–Crippen MR) is 46.9 cm³/mol. The highest BCUT2D eigenvalue weighted by atomic mass is 19.3. The van der Waals surface area contributed by atoms with E-state index >= 15 is 0 Å². The fraction of sp³-hybridized carbons (Fsp3) is 0.889. The van der Waals surface area contributed by atoms with Crippen molar-refractivity contribution in [3.05, 3.63) is 0 Å². The largest absolute Gasteiger partial charge is 0.469 e. The van der Waals surface area contributed by atoms with Crippen LogP contribution < -0.4 is 5.73 Å². The highest BCUT2D eigenvalue weighted by Crippen LogP contribution is 2.34. The summed E-state index contributed by atoms with van der Waals surface area (Å²) in [7, 11) is 1.27. The summed E-state index contributed by atoms with van der Waals surface area (Å²) in [4.78, 5) is 11.1. The Morgan fingerprint density at radius 2 is 2.07 bits per heavy atom. The molecule has 5 heteroatoms.